The van der Waals surface area contributed by atoms with Gasteiger partial charge in [0.1, 0.15) is 23.3 Å². The Morgan fingerprint density at radius 3 is 2.91 bits per heavy atom. The molecule has 5 heterocycles. The number of azo groups is 1. The lowest BCUT2D eigenvalue weighted by Gasteiger charge is -2.33. The van der Waals surface area contributed by atoms with Gasteiger partial charge >= 0.3 is 0 Å². The Morgan fingerprint density at radius 1 is 1.26 bits per heavy atom. The SMILES string of the molecule is Cc1[nH]n2ccc(=O)cc2c1-c1nc(-c2ccccc2F)c(C2(C3CCCCO3)N=CN=N2)s1. The van der Waals surface area contributed by atoms with E-state index in [4.69, 9.17) is 9.72 Å². The van der Waals surface area contributed by atoms with Crippen LogP contribution in [0.15, 0.2) is 62.6 Å². The molecule has 1 fully saturated rings. The molecule has 34 heavy (non-hydrogen) atoms. The van der Waals surface area contributed by atoms with Crippen molar-refractivity contribution in [3.8, 4) is 21.8 Å². The maximum atomic E-state index is 15.0. The number of aliphatic imine (C=N–C) groups is 1. The molecule has 1 N–H and O–H groups in total. The Bertz CT molecular complexity index is 1500. The summed E-state index contributed by atoms with van der Waals surface area (Å²) in [7, 11) is 0. The number of fused-ring (bicyclic) bond motifs is 1. The van der Waals surface area contributed by atoms with E-state index in [2.05, 4.69) is 20.3 Å². The van der Waals surface area contributed by atoms with Crippen LogP contribution < -0.4 is 5.43 Å². The number of pyridine rings is 1. The molecule has 2 aliphatic heterocycles. The number of rotatable bonds is 4. The van der Waals surface area contributed by atoms with Crippen LogP contribution in [0.4, 0.5) is 4.39 Å². The molecule has 1 saturated heterocycles. The van der Waals surface area contributed by atoms with Gasteiger partial charge in [0.15, 0.2) is 5.43 Å². The van der Waals surface area contributed by atoms with E-state index < -0.39 is 5.66 Å². The van der Waals surface area contributed by atoms with Crippen LogP contribution in [0, 0.1) is 12.7 Å². The Hall–Kier alpha value is -3.50. The van der Waals surface area contributed by atoms with Gasteiger partial charge in [-0.2, -0.15) is 0 Å². The van der Waals surface area contributed by atoms with Gasteiger partial charge in [0, 0.05) is 36.2 Å². The number of aromatic nitrogens is 3. The highest BCUT2D eigenvalue weighted by atomic mass is 32.1. The lowest BCUT2D eigenvalue weighted by Crippen LogP contribution is -2.39. The fourth-order valence-electron chi connectivity index (χ4n) is 4.69. The van der Waals surface area contributed by atoms with Crippen molar-refractivity contribution in [2.45, 2.75) is 38.0 Å². The van der Waals surface area contributed by atoms with Crippen LogP contribution in [-0.2, 0) is 10.4 Å². The van der Waals surface area contributed by atoms with E-state index in [0.717, 1.165) is 30.5 Å². The third kappa shape index (κ3) is 3.24. The summed E-state index contributed by atoms with van der Waals surface area (Å²) in [4.78, 5) is 22.4. The van der Waals surface area contributed by atoms with Crippen molar-refractivity contribution in [2.75, 3.05) is 6.61 Å². The van der Waals surface area contributed by atoms with Gasteiger partial charge in [-0.05, 0) is 38.3 Å². The number of aryl methyl sites for hydroxylation is 1. The molecular weight excluding hydrogens is 455 g/mol. The molecule has 0 radical (unpaired) electrons. The molecule has 172 valence electrons. The highest BCUT2D eigenvalue weighted by Gasteiger charge is 2.48. The molecule has 6 rings (SSSR count). The first-order valence-electron chi connectivity index (χ1n) is 11.1. The first-order chi connectivity index (χ1) is 16.6. The highest BCUT2D eigenvalue weighted by molar-refractivity contribution is 7.15. The van der Waals surface area contributed by atoms with Gasteiger partial charge < -0.3 is 4.74 Å². The molecule has 10 heteroatoms. The summed E-state index contributed by atoms with van der Waals surface area (Å²) in [6, 6.07) is 9.60. The number of hydrogen-bond donors (Lipinski definition) is 1. The number of aromatic amines is 1. The number of thiazole rings is 1. The first-order valence-corrected chi connectivity index (χ1v) is 11.9. The average molecular weight is 477 g/mol. The molecule has 3 aromatic heterocycles. The zero-order valence-corrected chi connectivity index (χ0v) is 19.2. The van der Waals surface area contributed by atoms with Crippen molar-refractivity contribution in [3.05, 3.63) is 69.2 Å². The van der Waals surface area contributed by atoms with Gasteiger partial charge in [0.25, 0.3) is 0 Å². The average Bonchev–Trinajstić information content (AvgIpc) is 3.57. The van der Waals surface area contributed by atoms with Gasteiger partial charge in [0.05, 0.1) is 21.7 Å². The summed E-state index contributed by atoms with van der Waals surface area (Å²) in [6.07, 6.45) is 5.52. The lowest BCUT2D eigenvalue weighted by molar-refractivity contribution is -0.0305. The Morgan fingerprint density at radius 2 is 2.15 bits per heavy atom. The lowest BCUT2D eigenvalue weighted by atomic mass is 9.93. The second-order valence-corrected chi connectivity index (χ2v) is 9.45. The molecule has 1 aromatic carbocycles. The van der Waals surface area contributed by atoms with Crippen molar-refractivity contribution in [2.24, 2.45) is 15.2 Å². The van der Waals surface area contributed by atoms with E-state index >= 15 is 4.39 Å². The van der Waals surface area contributed by atoms with E-state index in [9.17, 15) is 4.79 Å². The third-order valence-electron chi connectivity index (χ3n) is 6.29. The summed E-state index contributed by atoms with van der Waals surface area (Å²) in [5, 5.41) is 12.5. The van der Waals surface area contributed by atoms with Crippen LogP contribution in [-0.4, -0.2) is 33.6 Å². The molecule has 0 saturated carbocycles. The number of benzene rings is 1. The number of ether oxygens (including phenoxy) is 1. The minimum atomic E-state index is -1.12. The van der Waals surface area contributed by atoms with Crippen molar-refractivity contribution >= 4 is 23.2 Å². The predicted molar refractivity (Wildman–Crippen MR) is 128 cm³/mol. The van der Waals surface area contributed by atoms with Crippen LogP contribution in [0.5, 0.6) is 0 Å². The summed E-state index contributed by atoms with van der Waals surface area (Å²) < 4.78 is 22.9. The second kappa shape index (κ2) is 8.07. The molecule has 2 atom stereocenters. The topological polar surface area (TPSA) is 96.5 Å². The number of halogens is 1. The van der Waals surface area contributed by atoms with Crippen molar-refractivity contribution in [3.63, 3.8) is 0 Å². The Kier molecular flexibility index (Phi) is 5.00. The number of nitrogens with one attached hydrogen (secondary N) is 1. The molecule has 0 spiro atoms. The summed E-state index contributed by atoms with van der Waals surface area (Å²) in [5.41, 5.74) is 1.92. The zero-order valence-electron chi connectivity index (χ0n) is 18.4. The van der Waals surface area contributed by atoms with E-state index in [1.54, 1.807) is 35.0 Å². The van der Waals surface area contributed by atoms with Gasteiger partial charge in [-0.15, -0.1) is 21.6 Å². The van der Waals surface area contributed by atoms with Gasteiger partial charge in [0.2, 0.25) is 5.66 Å². The van der Waals surface area contributed by atoms with E-state index in [0.29, 0.717) is 33.3 Å². The molecule has 0 amide bonds. The number of hydrogen-bond acceptors (Lipinski definition) is 7. The van der Waals surface area contributed by atoms with Crippen LogP contribution >= 0.6 is 11.3 Å². The monoisotopic (exact) mass is 476 g/mol. The van der Waals surface area contributed by atoms with Gasteiger partial charge in [-0.3, -0.25) is 14.4 Å². The third-order valence-corrected chi connectivity index (χ3v) is 7.48. The van der Waals surface area contributed by atoms with Gasteiger partial charge in [-0.25, -0.2) is 14.4 Å². The van der Waals surface area contributed by atoms with Crippen LogP contribution in [0.3, 0.4) is 0 Å². The molecule has 0 bridgehead atoms. The second-order valence-electron chi connectivity index (χ2n) is 8.45. The maximum absolute atomic E-state index is 15.0. The fourth-order valence-corrected chi connectivity index (χ4v) is 6.01. The number of H-pyrrole nitrogens is 1. The molecular formula is C24H21FN6O2S. The standard InChI is InChI=1S/C24H21FN6O2S/c1-14-20(18-12-15(32)9-10-31(18)29-14)23-28-21(16-6-2-3-7-17(16)25)22(34-23)24(26-13-27-30-24)19-8-4-5-11-33-19/h2-3,6-7,9-10,12-13,19,29H,4-5,8,11H2,1H3. The quantitative estimate of drug-likeness (QED) is 0.445. The van der Waals surface area contributed by atoms with Crippen LogP contribution in [0.1, 0.15) is 29.8 Å². The first kappa shape index (κ1) is 21.1. The maximum Gasteiger partial charge on any atom is 0.234 e. The van der Waals surface area contributed by atoms with Gasteiger partial charge in [-0.1, -0.05) is 12.1 Å². The molecule has 2 aliphatic rings. The zero-order chi connectivity index (χ0) is 23.3. The van der Waals surface area contributed by atoms with E-state index in [1.165, 1.54) is 29.8 Å². The molecule has 2 unspecified atom stereocenters. The normalized spacial score (nSPS) is 22.1. The molecule has 8 nitrogen and oxygen atoms in total. The van der Waals surface area contributed by atoms with Crippen molar-refractivity contribution < 1.29 is 9.13 Å². The summed E-state index contributed by atoms with van der Waals surface area (Å²) in [6.45, 7) is 2.53. The van der Waals surface area contributed by atoms with E-state index in [-0.39, 0.29) is 17.3 Å². The fraction of sp³-hybridized carbons (Fsp3) is 0.292. The predicted octanol–water partition coefficient (Wildman–Crippen LogP) is 5.08. The highest BCUT2D eigenvalue weighted by Crippen LogP contribution is 2.49. The Labute approximate surface area is 197 Å². The largest absolute Gasteiger partial charge is 0.373 e. The number of nitrogens with zero attached hydrogens (tertiary/aromatic N) is 5. The van der Waals surface area contributed by atoms with Crippen LogP contribution in [0.2, 0.25) is 0 Å². The van der Waals surface area contributed by atoms with Crippen molar-refractivity contribution in [1.29, 1.82) is 0 Å². The molecule has 4 aromatic rings. The Balaban J connectivity index is 1.62. The minimum Gasteiger partial charge on any atom is -0.373 e. The smallest absolute Gasteiger partial charge is 0.234 e. The summed E-state index contributed by atoms with van der Waals surface area (Å²) >= 11 is 1.38. The van der Waals surface area contributed by atoms with E-state index in [1.807, 2.05) is 6.92 Å². The molecule has 0 aliphatic carbocycles. The summed E-state index contributed by atoms with van der Waals surface area (Å²) in [5.74, 6) is -0.383. The minimum absolute atomic E-state index is 0.104. The van der Waals surface area contributed by atoms with Crippen LogP contribution in [0.25, 0.3) is 27.3 Å². The van der Waals surface area contributed by atoms with Crippen molar-refractivity contribution in [1.82, 2.24) is 14.6 Å².